The molecule has 132 valence electrons. The Morgan fingerprint density at radius 3 is 2.56 bits per heavy atom. The van der Waals surface area contributed by atoms with Crippen molar-refractivity contribution in [3.63, 3.8) is 0 Å². The molecule has 1 aromatic carbocycles. The first-order chi connectivity index (χ1) is 11.8. The second-order valence-electron chi connectivity index (χ2n) is 5.71. The maximum atomic E-state index is 11.9. The second kappa shape index (κ2) is 8.39. The Bertz CT molecular complexity index is 854. The lowest BCUT2D eigenvalue weighted by molar-refractivity contribution is -0.120. The zero-order valence-corrected chi connectivity index (χ0v) is 15.1. The summed E-state index contributed by atoms with van der Waals surface area (Å²) in [6, 6.07) is 8.74. The van der Waals surface area contributed by atoms with E-state index < -0.39 is 0 Å². The molecule has 0 aliphatic heterocycles. The summed E-state index contributed by atoms with van der Waals surface area (Å²) in [6.45, 7) is 5.71. The van der Waals surface area contributed by atoms with Crippen LogP contribution in [-0.4, -0.2) is 27.7 Å². The average Bonchev–Trinajstić information content (AvgIpc) is 2.51. The van der Waals surface area contributed by atoms with E-state index in [-0.39, 0.29) is 28.8 Å². The molecule has 0 atom stereocenters. The molecule has 0 saturated heterocycles. The molecule has 7 nitrogen and oxygen atoms in total. The van der Waals surface area contributed by atoms with E-state index in [0.29, 0.717) is 11.4 Å². The van der Waals surface area contributed by atoms with Crippen LogP contribution >= 0.6 is 12.2 Å². The number of aromatic nitrogens is 2. The van der Waals surface area contributed by atoms with Crippen molar-refractivity contribution in [3.05, 3.63) is 56.7 Å². The fourth-order valence-electron chi connectivity index (χ4n) is 2.08. The maximum absolute atomic E-state index is 11.9. The summed E-state index contributed by atoms with van der Waals surface area (Å²) in [5.74, 6) is 0.426. The number of rotatable bonds is 6. The average molecular weight is 360 g/mol. The fraction of sp³-hybridized carbons (Fsp3) is 0.294. The quantitative estimate of drug-likeness (QED) is 0.418. The molecule has 2 aromatic rings. The number of ether oxygens (including phenoxy) is 1. The van der Waals surface area contributed by atoms with Gasteiger partial charge in [-0.3, -0.25) is 14.6 Å². The highest BCUT2D eigenvalue weighted by atomic mass is 32.1. The second-order valence-corrected chi connectivity index (χ2v) is 6.12. The predicted molar refractivity (Wildman–Crippen MR) is 98.5 cm³/mol. The van der Waals surface area contributed by atoms with Gasteiger partial charge >= 0.3 is 0 Å². The van der Waals surface area contributed by atoms with Gasteiger partial charge in [-0.1, -0.05) is 0 Å². The summed E-state index contributed by atoms with van der Waals surface area (Å²) < 4.78 is 5.76. The molecule has 0 aliphatic carbocycles. The number of hydrazone groups is 1. The Hall–Kier alpha value is -2.74. The molecule has 0 unspecified atom stereocenters. The first kappa shape index (κ1) is 18.6. The fourth-order valence-corrected chi connectivity index (χ4v) is 2.32. The summed E-state index contributed by atoms with van der Waals surface area (Å²) in [5, 5.41) is 4.08. The van der Waals surface area contributed by atoms with Gasteiger partial charge in [0.15, 0.2) is 4.77 Å². The number of nitrogens with one attached hydrogen (secondary N) is 3. The smallest absolute Gasteiger partial charge is 0.251 e. The van der Waals surface area contributed by atoms with Crippen LogP contribution in [0.25, 0.3) is 0 Å². The van der Waals surface area contributed by atoms with E-state index >= 15 is 0 Å². The Morgan fingerprint density at radius 2 is 1.96 bits per heavy atom. The molecular weight excluding hydrogens is 340 g/mol. The monoisotopic (exact) mass is 360 g/mol. The molecular formula is C17H20N4O3S. The summed E-state index contributed by atoms with van der Waals surface area (Å²) >= 11 is 4.87. The number of carbonyl (C=O) groups is 1. The summed E-state index contributed by atoms with van der Waals surface area (Å²) in [5.41, 5.74) is 4.06. The molecule has 0 radical (unpaired) electrons. The summed E-state index contributed by atoms with van der Waals surface area (Å²) in [6.07, 6.45) is 0.0865. The van der Waals surface area contributed by atoms with Gasteiger partial charge in [-0.05, 0) is 62.8 Å². The minimum atomic E-state index is -0.352. The van der Waals surface area contributed by atoms with Crippen LogP contribution in [0.3, 0.4) is 0 Å². The first-order valence-electron chi connectivity index (χ1n) is 7.76. The molecule has 0 fully saturated rings. The van der Waals surface area contributed by atoms with E-state index in [0.717, 1.165) is 11.3 Å². The van der Waals surface area contributed by atoms with Crippen molar-refractivity contribution in [2.24, 2.45) is 5.10 Å². The standard InChI is InChI=1S/C17H20N4O3S/c1-10(2)24-14-6-4-12(5-7-14)11(3)20-21-16(23)9-13-8-15(22)19-17(25)18-13/h4-8,10H,9H2,1-3H3,(H,21,23)(H2,18,19,22,25)/b20-11-. The molecule has 0 spiro atoms. The van der Waals surface area contributed by atoms with Crippen molar-refractivity contribution in [1.82, 2.24) is 15.4 Å². The first-order valence-corrected chi connectivity index (χ1v) is 8.17. The number of amides is 1. The number of benzene rings is 1. The third kappa shape index (κ3) is 6.00. The minimum Gasteiger partial charge on any atom is -0.491 e. The number of hydrogen-bond acceptors (Lipinski definition) is 5. The highest BCUT2D eigenvalue weighted by molar-refractivity contribution is 7.71. The van der Waals surface area contributed by atoms with Gasteiger partial charge in [0, 0.05) is 11.8 Å². The summed E-state index contributed by atoms with van der Waals surface area (Å²) in [7, 11) is 0. The van der Waals surface area contributed by atoms with Crippen molar-refractivity contribution in [3.8, 4) is 5.75 Å². The van der Waals surface area contributed by atoms with Crippen LogP contribution in [0.15, 0.2) is 40.2 Å². The molecule has 1 aromatic heterocycles. The number of nitrogens with zero attached hydrogens (tertiary/aromatic N) is 1. The zero-order chi connectivity index (χ0) is 18.4. The minimum absolute atomic E-state index is 0.0223. The van der Waals surface area contributed by atoms with Gasteiger partial charge in [0.25, 0.3) is 5.56 Å². The number of H-pyrrole nitrogens is 2. The molecule has 0 bridgehead atoms. The SMILES string of the molecule is C/C(=N/NC(=O)Cc1cc(=O)[nH]c(=S)[nH]1)c1ccc(OC(C)C)cc1. The third-order valence-corrected chi connectivity index (χ3v) is 3.36. The molecule has 8 heteroatoms. The predicted octanol–water partition coefficient (Wildman–Crippen LogP) is 2.30. The van der Waals surface area contributed by atoms with Crippen molar-refractivity contribution in [1.29, 1.82) is 0 Å². The van der Waals surface area contributed by atoms with Crippen molar-refractivity contribution in [2.75, 3.05) is 0 Å². The lowest BCUT2D eigenvalue weighted by Gasteiger charge is -2.10. The Balaban J connectivity index is 1.98. The van der Waals surface area contributed by atoms with E-state index in [4.69, 9.17) is 17.0 Å². The Morgan fingerprint density at radius 1 is 1.28 bits per heavy atom. The number of hydrogen-bond donors (Lipinski definition) is 3. The van der Waals surface area contributed by atoms with Crippen LogP contribution in [0.5, 0.6) is 5.75 Å². The number of carbonyl (C=O) groups excluding carboxylic acids is 1. The highest BCUT2D eigenvalue weighted by Gasteiger charge is 2.05. The lowest BCUT2D eigenvalue weighted by Crippen LogP contribution is -2.23. The normalized spacial score (nSPS) is 11.4. The highest BCUT2D eigenvalue weighted by Crippen LogP contribution is 2.14. The van der Waals surface area contributed by atoms with Gasteiger partial charge in [0.1, 0.15) is 5.75 Å². The molecule has 1 amide bonds. The van der Waals surface area contributed by atoms with Gasteiger partial charge in [0.05, 0.1) is 18.2 Å². The molecule has 3 N–H and O–H groups in total. The zero-order valence-electron chi connectivity index (χ0n) is 14.3. The molecule has 0 saturated carbocycles. The van der Waals surface area contributed by atoms with Gasteiger partial charge in [-0.25, -0.2) is 5.43 Å². The molecule has 25 heavy (non-hydrogen) atoms. The van der Waals surface area contributed by atoms with E-state index in [1.807, 2.05) is 38.1 Å². The third-order valence-electron chi connectivity index (χ3n) is 3.16. The van der Waals surface area contributed by atoms with E-state index in [9.17, 15) is 9.59 Å². The maximum Gasteiger partial charge on any atom is 0.251 e. The van der Waals surface area contributed by atoms with Crippen LogP contribution in [0, 0.1) is 4.77 Å². The van der Waals surface area contributed by atoms with Crippen molar-refractivity contribution in [2.45, 2.75) is 33.3 Å². The topological polar surface area (TPSA) is 99.3 Å². The molecule has 1 heterocycles. The van der Waals surface area contributed by atoms with Crippen LogP contribution in [0.2, 0.25) is 0 Å². The molecule has 0 aliphatic rings. The van der Waals surface area contributed by atoms with Gasteiger partial charge in [0.2, 0.25) is 5.91 Å². The Kier molecular flexibility index (Phi) is 6.24. The van der Waals surface area contributed by atoms with Gasteiger partial charge in [-0.2, -0.15) is 5.10 Å². The Labute approximate surface area is 150 Å². The van der Waals surface area contributed by atoms with E-state index in [2.05, 4.69) is 20.5 Å². The van der Waals surface area contributed by atoms with E-state index in [1.165, 1.54) is 6.07 Å². The molecule has 2 rings (SSSR count). The van der Waals surface area contributed by atoms with Crippen LogP contribution < -0.4 is 15.7 Å². The van der Waals surface area contributed by atoms with Gasteiger partial charge in [-0.15, -0.1) is 0 Å². The largest absolute Gasteiger partial charge is 0.491 e. The van der Waals surface area contributed by atoms with Gasteiger partial charge < -0.3 is 9.72 Å². The van der Waals surface area contributed by atoms with Crippen LogP contribution in [0.4, 0.5) is 0 Å². The summed E-state index contributed by atoms with van der Waals surface area (Å²) in [4.78, 5) is 28.4. The lowest BCUT2D eigenvalue weighted by atomic mass is 10.1. The van der Waals surface area contributed by atoms with Crippen LogP contribution in [-0.2, 0) is 11.2 Å². The van der Waals surface area contributed by atoms with Crippen molar-refractivity contribution < 1.29 is 9.53 Å². The van der Waals surface area contributed by atoms with E-state index in [1.54, 1.807) is 6.92 Å². The van der Waals surface area contributed by atoms with Crippen molar-refractivity contribution >= 4 is 23.8 Å². The van der Waals surface area contributed by atoms with Crippen LogP contribution in [0.1, 0.15) is 32.0 Å². The number of aromatic amines is 2.